The van der Waals surface area contributed by atoms with Crippen LogP contribution >= 0.6 is 11.6 Å². The van der Waals surface area contributed by atoms with Crippen molar-refractivity contribution in [3.8, 4) is 17.0 Å². The number of aliphatic hydroxyl groups is 1. The summed E-state index contributed by atoms with van der Waals surface area (Å²) < 4.78 is 7.31. The predicted molar refractivity (Wildman–Crippen MR) is 132 cm³/mol. The number of pyridine rings is 1. The van der Waals surface area contributed by atoms with Gasteiger partial charge in [0.05, 0.1) is 24.4 Å². The fourth-order valence-electron chi connectivity index (χ4n) is 4.76. The summed E-state index contributed by atoms with van der Waals surface area (Å²) in [6, 6.07) is 7.93. The van der Waals surface area contributed by atoms with E-state index in [4.69, 9.17) is 21.3 Å². The molecule has 0 unspecified atom stereocenters. The molecule has 32 heavy (non-hydrogen) atoms. The number of imidazole rings is 1. The first-order chi connectivity index (χ1) is 15.6. The van der Waals surface area contributed by atoms with Gasteiger partial charge in [-0.15, -0.1) is 0 Å². The summed E-state index contributed by atoms with van der Waals surface area (Å²) in [5.74, 6) is 1.43. The summed E-state index contributed by atoms with van der Waals surface area (Å²) in [5, 5.41) is 10.4. The number of unbranched alkanes of at least 4 members (excludes halogenated alkanes) is 3. The average Bonchev–Trinajstić information content (AvgIpc) is 3.25. The molecule has 3 aromatic rings. The van der Waals surface area contributed by atoms with Crippen LogP contribution in [0.2, 0.25) is 5.02 Å². The van der Waals surface area contributed by atoms with Crippen molar-refractivity contribution < 1.29 is 9.84 Å². The van der Waals surface area contributed by atoms with Gasteiger partial charge in [-0.1, -0.05) is 50.6 Å². The van der Waals surface area contributed by atoms with E-state index in [1.807, 2.05) is 16.7 Å². The van der Waals surface area contributed by atoms with Crippen LogP contribution in [0.1, 0.15) is 57.4 Å². The van der Waals surface area contributed by atoms with Gasteiger partial charge in [-0.25, -0.2) is 4.98 Å². The normalized spacial score (nSPS) is 14.9. The molecule has 3 heterocycles. The molecule has 0 saturated carbocycles. The van der Waals surface area contributed by atoms with Gasteiger partial charge in [-0.2, -0.15) is 0 Å². The van der Waals surface area contributed by atoms with Crippen molar-refractivity contribution >= 4 is 22.9 Å². The van der Waals surface area contributed by atoms with Crippen LogP contribution in [0.15, 0.2) is 36.7 Å². The highest BCUT2D eigenvalue weighted by Gasteiger charge is 2.20. The number of anilines is 1. The number of methoxy groups -OCH3 is 1. The number of halogens is 1. The second-order valence-electron chi connectivity index (χ2n) is 8.86. The molecule has 1 fully saturated rings. The number of nitrogens with zero attached hydrogens (tertiary/aromatic N) is 3. The van der Waals surface area contributed by atoms with Gasteiger partial charge < -0.3 is 19.1 Å². The van der Waals surface area contributed by atoms with E-state index in [2.05, 4.69) is 30.2 Å². The number of aliphatic hydroxyl groups excluding tert-OH is 1. The van der Waals surface area contributed by atoms with Gasteiger partial charge in [0.25, 0.3) is 0 Å². The Balaban J connectivity index is 1.48. The third-order valence-electron chi connectivity index (χ3n) is 6.71. The Morgan fingerprint density at radius 3 is 2.69 bits per heavy atom. The molecule has 6 heteroatoms. The molecule has 1 aliphatic rings. The third kappa shape index (κ3) is 5.05. The molecule has 0 spiro atoms. The smallest absolute Gasteiger partial charge is 0.139 e. The zero-order chi connectivity index (χ0) is 22.5. The lowest BCUT2D eigenvalue weighted by atomic mass is 9.91. The van der Waals surface area contributed by atoms with Crippen LogP contribution in [0, 0.1) is 5.92 Å². The van der Waals surface area contributed by atoms with Crippen molar-refractivity contribution in [1.82, 2.24) is 9.38 Å². The zero-order valence-corrected chi connectivity index (χ0v) is 19.9. The fraction of sp³-hybridized carbons (Fsp3) is 0.500. The van der Waals surface area contributed by atoms with Gasteiger partial charge in [0.15, 0.2) is 0 Å². The minimum Gasteiger partial charge on any atom is -0.495 e. The summed E-state index contributed by atoms with van der Waals surface area (Å²) in [4.78, 5) is 7.33. The van der Waals surface area contributed by atoms with Gasteiger partial charge in [0.2, 0.25) is 0 Å². The molecule has 0 bridgehead atoms. The zero-order valence-electron chi connectivity index (χ0n) is 19.2. The first-order valence-corrected chi connectivity index (χ1v) is 12.2. The van der Waals surface area contributed by atoms with E-state index in [1.165, 1.54) is 50.6 Å². The first-order valence-electron chi connectivity index (χ1n) is 11.8. The molecular formula is C26H34ClN3O2. The van der Waals surface area contributed by atoms with Crippen LogP contribution in [0.4, 0.5) is 5.69 Å². The number of benzene rings is 1. The van der Waals surface area contributed by atoms with Crippen LogP contribution in [0.5, 0.6) is 5.75 Å². The topological polar surface area (TPSA) is 50.0 Å². The number of piperidine rings is 1. The Morgan fingerprint density at radius 2 is 1.97 bits per heavy atom. The molecule has 5 nitrogen and oxygen atoms in total. The van der Waals surface area contributed by atoms with E-state index in [-0.39, 0.29) is 6.61 Å². The Hall–Kier alpha value is -2.24. The van der Waals surface area contributed by atoms with Crippen molar-refractivity contribution in [3.05, 3.63) is 47.2 Å². The van der Waals surface area contributed by atoms with E-state index >= 15 is 0 Å². The predicted octanol–water partition coefficient (Wildman–Crippen LogP) is 6.34. The third-order valence-corrected chi connectivity index (χ3v) is 7.01. The highest BCUT2D eigenvalue weighted by molar-refractivity contribution is 6.32. The lowest BCUT2D eigenvalue weighted by molar-refractivity contribution is 0.281. The number of rotatable bonds is 9. The Kier molecular flexibility index (Phi) is 7.59. The standard InChI is InChI=1S/C26H34ClN3O2/c1-3-4-5-6-7-19-8-11-29(12-9-19)21-10-13-30-17-24(28-26(30)15-21)22-16-23(27)25(32-2)14-20(22)18-31/h10,13-17,19,31H,3-9,11-12,18H2,1-2H3. The van der Waals surface area contributed by atoms with E-state index in [0.29, 0.717) is 10.8 Å². The lowest BCUT2D eigenvalue weighted by Gasteiger charge is -2.33. The number of fused-ring (bicyclic) bond motifs is 1. The molecule has 1 aromatic carbocycles. The van der Waals surface area contributed by atoms with E-state index < -0.39 is 0 Å². The highest BCUT2D eigenvalue weighted by atomic mass is 35.5. The molecule has 172 valence electrons. The molecule has 1 aliphatic heterocycles. The van der Waals surface area contributed by atoms with Crippen molar-refractivity contribution in [1.29, 1.82) is 0 Å². The Bertz CT molecular complexity index is 1040. The van der Waals surface area contributed by atoms with Crippen molar-refractivity contribution in [2.75, 3.05) is 25.1 Å². The summed E-state index contributed by atoms with van der Waals surface area (Å²) in [6.07, 6.45) is 13.4. The molecule has 0 amide bonds. The lowest BCUT2D eigenvalue weighted by Crippen LogP contribution is -2.33. The van der Waals surface area contributed by atoms with Crippen LogP contribution in [-0.4, -0.2) is 34.7 Å². The second-order valence-corrected chi connectivity index (χ2v) is 9.27. The van der Waals surface area contributed by atoms with Crippen molar-refractivity contribution in [2.45, 2.75) is 58.5 Å². The highest BCUT2D eigenvalue weighted by Crippen LogP contribution is 2.34. The van der Waals surface area contributed by atoms with Crippen LogP contribution in [-0.2, 0) is 6.61 Å². The summed E-state index contributed by atoms with van der Waals surface area (Å²) in [5.41, 5.74) is 4.49. The molecule has 0 atom stereocenters. The summed E-state index contributed by atoms with van der Waals surface area (Å²) >= 11 is 6.35. The number of ether oxygens (including phenoxy) is 1. The maximum atomic E-state index is 9.84. The van der Waals surface area contributed by atoms with Crippen molar-refractivity contribution in [3.63, 3.8) is 0 Å². The van der Waals surface area contributed by atoms with Crippen LogP contribution < -0.4 is 9.64 Å². The second kappa shape index (κ2) is 10.6. The molecule has 4 rings (SSSR count). The van der Waals surface area contributed by atoms with Crippen LogP contribution in [0.3, 0.4) is 0 Å². The largest absolute Gasteiger partial charge is 0.495 e. The minimum atomic E-state index is -0.102. The Morgan fingerprint density at radius 1 is 1.16 bits per heavy atom. The summed E-state index contributed by atoms with van der Waals surface area (Å²) in [7, 11) is 1.57. The molecule has 1 saturated heterocycles. The number of hydrogen-bond donors (Lipinski definition) is 1. The van der Waals surface area contributed by atoms with Crippen LogP contribution in [0.25, 0.3) is 16.9 Å². The van der Waals surface area contributed by atoms with Gasteiger partial charge in [0.1, 0.15) is 11.4 Å². The van der Waals surface area contributed by atoms with Crippen molar-refractivity contribution in [2.24, 2.45) is 5.92 Å². The molecule has 1 N–H and O–H groups in total. The average molecular weight is 456 g/mol. The minimum absolute atomic E-state index is 0.102. The van der Waals surface area contributed by atoms with E-state index in [1.54, 1.807) is 13.2 Å². The number of hydrogen-bond acceptors (Lipinski definition) is 4. The Labute approximate surface area is 196 Å². The molecule has 0 aliphatic carbocycles. The fourth-order valence-corrected chi connectivity index (χ4v) is 5.00. The monoisotopic (exact) mass is 455 g/mol. The van der Waals surface area contributed by atoms with Gasteiger partial charge in [0, 0.05) is 42.8 Å². The molecule has 0 radical (unpaired) electrons. The van der Waals surface area contributed by atoms with Gasteiger partial charge in [-0.3, -0.25) is 0 Å². The summed E-state index contributed by atoms with van der Waals surface area (Å²) in [6.45, 7) is 4.40. The quantitative estimate of drug-likeness (QED) is 0.382. The maximum Gasteiger partial charge on any atom is 0.139 e. The van der Waals surface area contributed by atoms with Gasteiger partial charge in [-0.05, 0) is 42.5 Å². The van der Waals surface area contributed by atoms with E-state index in [9.17, 15) is 5.11 Å². The SMILES string of the molecule is CCCCCCC1CCN(c2ccn3cc(-c4cc(Cl)c(OC)cc4CO)nc3c2)CC1. The first kappa shape index (κ1) is 22.9. The van der Waals surface area contributed by atoms with E-state index in [0.717, 1.165) is 41.5 Å². The maximum absolute atomic E-state index is 9.84. The van der Waals surface area contributed by atoms with Gasteiger partial charge >= 0.3 is 0 Å². The number of aromatic nitrogens is 2. The molecule has 2 aromatic heterocycles. The molecular weight excluding hydrogens is 422 g/mol.